The molecule has 2 aromatic carbocycles. The molecule has 1 atom stereocenters. The van der Waals surface area contributed by atoms with Crippen molar-refractivity contribution >= 4 is 27.3 Å². The maximum Gasteiger partial charge on any atom is 0.271 e. The molecule has 1 N–H and O–H groups in total. The number of nitro groups is 1. The SMILES string of the molecule is Cc1ccccc1OC[C@H](C)NC(=O)CN(c1cc([N+](=O)[O-])ccc1C)S(C)(=O)=O. The third-order valence-electron chi connectivity index (χ3n) is 4.35. The highest BCUT2D eigenvalue weighted by Crippen LogP contribution is 2.27. The fourth-order valence-corrected chi connectivity index (χ4v) is 3.69. The van der Waals surface area contributed by atoms with E-state index in [1.807, 2.05) is 31.2 Å². The topological polar surface area (TPSA) is 119 Å². The van der Waals surface area contributed by atoms with Crippen molar-refractivity contribution in [1.82, 2.24) is 5.32 Å². The van der Waals surface area contributed by atoms with Gasteiger partial charge in [0.1, 0.15) is 18.9 Å². The van der Waals surface area contributed by atoms with Crippen LogP contribution in [0, 0.1) is 24.0 Å². The molecule has 0 aliphatic rings. The van der Waals surface area contributed by atoms with E-state index in [9.17, 15) is 23.3 Å². The van der Waals surface area contributed by atoms with E-state index in [2.05, 4.69) is 5.32 Å². The molecule has 0 aliphatic heterocycles. The molecular weight excluding hydrogens is 410 g/mol. The first-order valence-corrected chi connectivity index (χ1v) is 11.0. The number of nitrogens with zero attached hydrogens (tertiary/aromatic N) is 2. The van der Waals surface area contributed by atoms with E-state index in [1.165, 1.54) is 12.1 Å². The summed E-state index contributed by atoms with van der Waals surface area (Å²) in [5.41, 5.74) is 1.28. The second-order valence-electron chi connectivity index (χ2n) is 7.04. The van der Waals surface area contributed by atoms with Crippen LogP contribution < -0.4 is 14.4 Å². The lowest BCUT2D eigenvalue weighted by atomic mass is 10.2. The Labute approximate surface area is 175 Å². The number of carbonyl (C=O) groups excluding carboxylic acids is 1. The van der Waals surface area contributed by atoms with Gasteiger partial charge in [-0.25, -0.2) is 8.42 Å². The number of benzene rings is 2. The van der Waals surface area contributed by atoms with Gasteiger partial charge < -0.3 is 10.1 Å². The van der Waals surface area contributed by atoms with Crippen molar-refractivity contribution in [3.05, 3.63) is 63.7 Å². The van der Waals surface area contributed by atoms with Gasteiger partial charge in [-0.3, -0.25) is 19.2 Å². The molecule has 9 nitrogen and oxygen atoms in total. The minimum Gasteiger partial charge on any atom is -0.491 e. The minimum absolute atomic E-state index is 0.0886. The van der Waals surface area contributed by atoms with Gasteiger partial charge in [0.25, 0.3) is 5.69 Å². The molecule has 0 unspecified atom stereocenters. The lowest BCUT2D eigenvalue weighted by Crippen LogP contribution is -2.45. The Morgan fingerprint density at radius 1 is 1.20 bits per heavy atom. The van der Waals surface area contributed by atoms with Crippen LogP contribution in [-0.2, 0) is 14.8 Å². The van der Waals surface area contributed by atoms with E-state index >= 15 is 0 Å². The first-order chi connectivity index (χ1) is 14.0. The molecule has 10 heteroatoms. The maximum absolute atomic E-state index is 12.5. The summed E-state index contributed by atoms with van der Waals surface area (Å²) >= 11 is 0. The van der Waals surface area contributed by atoms with Gasteiger partial charge in [0.05, 0.1) is 22.9 Å². The molecule has 0 aliphatic carbocycles. The Kier molecular flexibility index (Phi) is 7.38. The van der Waals surface area contributed by atoms with Crippen LogP contribution in [0.5, 0.6) is 5.75 Å². The Morgan fingerprint density at radius 2 is 1.87 bits per heavy atom. The minimum atomic E-state index is -3.86. The quantitative estimate of drug-likeness (QED) is 0.478. The highest BCUT2D eigenvalue weighted by molar-refractivity contribution is 7.92. The van der Waals surface area contributed by atoms with Gasteiger partial charge in [-0.2, -0.15) is 0 Å². The number of nitrogens with one attached hydrogen (secondary N) is 1. The molecule has 0 radical (unpaired) electrons. The maximum atomic E-state index is 12.5. The van der Waals surface area contributed by atoms with Crippen LogP contribution in [0.1, 0.15) is 18.1 Å². The van der Waals surface area contributed by atoms with E-state index in [4.69, 9.17) is 4.74 Å². The average molecular weight is 436 g/mol. The summed E-state index contributed by atoms with van der Waals surface area (Å²) in [5.74, 6) is 0.149. The number of hydrogen-bond acceptors (Lipinski definition) is 6. The largest absolute Gasteiger partial charge is 0.491 e. The summed E-state index contributed by atoms with van der Waals surface area (Å²) in [5, 5.41) is 13.8. The highest BCUT2D eigenvalue weighted by Gasteiger charge is 2.25. The molecule has 0 aromatic heterocycles. The molecular formula is C20H25N3O6S. The summed E-state index contributed by atoms with van der Waals surface area (Å²) < 4.78 is 31.1. The number of aryl methyl sites for hydroxylation is 2. The number of non-ortho nitro benzene ring substituents is 1. The summed E-state index contributed by atoms with van der Waals surface area (Å²) in [6, 6.07) is 11.0. The summed E-state index contributed by atoms with van der Waals surface area (Å²) in [6.07, 6.45) is 0.948. The molecule has 0 spiro atoms. The van der Waals surface area contributed by atoms with Gasteiger partial charge in [0.2, 0.25) is 15.9 Å². The fraction of sp³-hybridized carbons (Fsp3) is 0.350. The van der Waals surface area contributed by atoms with E-state index in [0.29, 0.717) is 11.3 Å². The van der Waals surface area contributed by atoms with E-state index < -0.39 is 27.4 Å². The van der Waals surface area contributed by atoms with Gasteiger partial charge in [0.15, 0.2) is 0 Å². The Balaban J connectivity index is 2.10. The number of sulfonamides is 1. The van der Waals surface area contributed by atoms with Gasteiger partial charge in [-0.05, 0) is 38.0 Å². The predicted octanol–water partition coefficient (Wildman–Crippen LogP) is 2.56. The van der Waals surface area contributed by atoms with Crippen LogP contribution >= 0.6 is 0 Å². The molecule has 30 heavy (non-hydrogen) atoms. The number of carbonyl (C=O) groups is 1. The fourth-order valence-electron chi connectivity index (χ4n) is 2.79. The van der Waals surface area contributed by atoms with Gasteiger partial charge in [-0.15, -0.1) is 0 Å². The molecule has 0 fully saturated rings. The number of nitro benzene ring substituents is 1. The lowest BCUT2D eigenvalue weighted by molar-refractivity contribution is -0.384. The van der Waals surface area contributed by atoms with E-state index in [-0.39, 0.29) is 24.0 Å². The number of rotatable bonds is 9. The number of ether oxygens (including phenoxy) is 1. The number of hydrogen-bond donors (Lipinski definition) is 1. The van der Waals surface area contributed by atoms with Crippen molar-refractivity contribution in [2.75, 3.05) is 23.7 Å². The predicted molar refractivity (Wildman–Crippen MR) is 114 cm³/mol. The Morgan fingerprint density at radius 3 is 2.47 bits per heavy atom. The lowest BCUT2D eigenvalue weighted by Gasteiger charge is -2.24. The van der Waals surface area contributed by atoms with E-state index in [0.717, 1.165) is 22.2 Å². The normalized spacial score (nSPS) is 12.1. The van der Waals surface area contributed by atoms with E-state index in [1.54, 1.807) is 13.8 Å². The van der Waals surface area contributed by atoms with Crippen LogP contribution in [0.2, 0.25) is 0 Å². The van der Waals surface area contributed by atoms with Gasteiger partial charge in [-0.1, -0.05) is 24.3 Å². The number of anilines is 1. The molecule has 0 saturated heterocycles. The summed E-state index contributed by atoms with van der Waals surface area (Å²) in [4.78, 5) is 22.9. The van der Waals surface area contributed by atoms with Crippen molar-refractivity contribution in [3.63, 3.8) is 0 Å². The number of para-hydroxylation sites is 1. The van der Waals surface area contributed by atoms with Crippen molar-refractivity contribution in [3.8, 4) is 5.75 Å². The van der Waals surface area contributed by atoms with Crippen molar-refractivity contribution in [2.45, 2.75) is 26.8 Å². The summed E-state index contributed by atoms with van der Waals surface area (Å²) in [7, 11) is -3.86. The van der Waals surface area contributed by atoms with Crippen molar-refractivity contribution < 1.29 is 22.9 Å². The Hall–Kier alpha value is -3.14. The molecule has 2 rings (SSSR count). The smallest absolute Gasteiger partial charge is 0.271 e. The third-order valence-corrected chi connectivity index (χ3v) is 5.48. The first-order valence-electron chi connectivity index (χ1n) is 9.19. The van der Waals surface area contributed by atoms with Crippen molar-refractivity contribution in [2.24, 2.45) is 0 Å². The van der Waals surface area contributed by atoms with Gasteiger partial charge >= 0.3 is 0 Å². The highest BCUT2D eigenvalue weighted by atomic mass is 32.2. The third kappa shape index (κ3) is 6.18. The molecule has 1 amide bonds. The van der Waals surface area contributed by atoms with Crippen molar-refractivity contribution in [1.29, 1.82) is 0 Å². The first kappa shape index (κ1) is 23.1. The van der Waals surface area contributed by atoms with Crippen LogP contribution in [0.15, 0.2) is 42.5 Å². The van der Waals surface area contributed by atoms with Crippen LogP contribution in [0.25, 0.3) is 0 Å². The Bertz CT molecular complexity index is 1040. The average Bonchev–Trinajstić information content (AvgIpc) is 2.65. The second-order valence-corrected chi connectivity index (χ2v) is 8.95. The van der Waals surface area contributed by atoms with Gasteiger partial charge in [0, 0.05) is 12.1 Å². The molecule has 2 aromatic rings. The molecule has 0 bridgehead atoms. The zero-order valence-electron chi connectivity index (χ0n) is 17.3. The number of amides is 1. The molecule has 162 valence electrons. The van der Waals surface area contributed by atoms with Crippen LogP contribution in [-0.4, -0.2) is 44.7 Å². The van der Waals surface area contributed by atoms with Crippen LogP contribution in [0.3, 0.4) is 0 Å². The molecule has 0 heterocycles. The summed E-state index contributed by atoms with van der Waals surface area (Å²) in [6.45, 7) is 4.96. The second kappa shape index (κ2) is 9.57. The van der Waals surface area contributed by atoms with Crippen LogP contribution in [0.4, 0.5) is 11.4 Å². The monoisotopic (exact) mass is 435 g/mol. The zero-order chi connectivity index (χ0) is 22.5. The standard InChI is InChI=1S/C20H25N3O6S/c1-14-9-10-17(23(25)26)11-18(14)22(30(4,27)28)12-20(24)21-16(3)13-29-19-8-6-5-7-15(19)2/h5-11,16H,12-13H2,1-4H3,(H,21,24)/t16-/m0/s1. The molecule has 0 saturated carbocycles. The zero-order valence-corrected chi connectivity index (χ0v) is 18.1.